The number of nitrogens with zero attached hydrogens (tertiary/aromatic N) is 5. The van der Waals surface area contributed by atoms with Crippen molar-refractivity contribution in [3.05, 3.63) is 41.4 Å². The zero-order chi connectivity index (χ0) is 22.4. The Morgan fingerprint density at radius 2 is 1.82 bits per heavy atom. The van der Waals surface area contributed by atoms with Crippen molar-refractivity contribution in [1.29, 1.82) is 0 Å². The lowest BCUT2D eigenvalue weighted by Crippen LogP contribution is -2.46. The molecule has 0 amide bonds. The second kappa shape index (κ2) is 8.63. The average molecular weight is 464 g/mol. The zero-order valence-electron chi connectivity index (χ0n) is 19.0. The summed E-state index contributed by atoms with van der Waals surface area (Å²) in [6, 6.07) is 13.0. The number of piperidine rings is 1. The first-order valence-corrected chi connectivity index (χ1v) is 12.3. The van der Waals surface area contributed by atoms with Gasteiger partial charge in [0.15, 0.2) is 5.82 Å². The Morgan fingerprint density at radius 1 is 0.939 bits per heavy atom. The quantitative estimate of drug-likeness (QED) is 0.472. The molecular weight excluding hydrogens is 434 g/mol. The number of imidazole rings is 1. The zero-order valence-corrected chi connectivity index (χ0v) is 19.8. The van der Waals surface area contributed by atoms with E-state index in [0.29, 0.717) is 5.02 Å². The van der Waals surface area contributed by atoms with Gasteiger partial charge in [-0.2, -0.15) is 5.10 Å². The molecule has 7 nitrogen and oxygen atoms in total. The summed E-state index contributed by atoms with van der Waals surface area (Å²) in [6.07, 6.45) is 3.75. The third-order valence-corrected chi connectivity index (χ3v) is 7.55. The number of aromatic amines is 2. The van der Waals surface area contributed by atoms with Crippen LogP contribution in [0, 0.1) is 0 Å². The van der Waals surface area contributed by atoms with Gasteiger partial charge in [0, 0.05) is 48.3 Å². The normalized spacial score (nSPS) is 19.5. The Balaban J connectivity index is 1.19. The Kier molecular flexibility index (Phi) is 5.48. The molecule has 2 aromatic heterocycles. The van der Waals surface area contributed by atoms with E-state index in [1.54, 1.807) is 0 Å². The summed E-state index contributed by atoms with van der Waals surface area (Å²) >= 11 is 6.12. The molecule has 172 valence electrons. The molecule has 4 aromatic rings. The van der Waals surface area contributed by atoms with Gasteiger partial charge in [-0.3, -0.25) is 10.00 Å². The van der Waals surface area contributed by atoms with Crippen molar-refractivity contribution in [2.75, 3.05) is 51.2 Å². The van der Waals surface area contributed by atoms with E-state index in [1.807, 2.05) is 18.2 Å². The fourth-order valence-corrected chi connectivity index (χ4v) is 5.57. The third kappa shape index (κ3) is 4.09. The van der Waals surface area contributed by atoms with Gasteiger partial charge in [0.1, 0.15) is 5.69 Å². The summed E-state index contributed by atoms with van der Waals surface area (Å²) in [7, 11) is 2.24. The molecule has 2 fully saturated rings. The Morgan fingerprint density at radius 3 is 2.70 bits per heavy atom. The molecule has 0 aliphatic carbocycles. The van der Waals surface area contributed by atoms with E-state index in [2.05, 4.69) is 55.1 Å². The fraction of sp³-hybridized carbons (Fsp3) is 0.440. The topological polar surface area (TPSA) is 67.1 Å². The van der Waals surface area contributed by atoms with Gasteiger partial charge in [-0.05, 0) is 75.8 Å². The molecule has 2 saturated heterocycles. The summed E-state index contributed by atoms with van der Waals surface area (Å²) in [4.78, 5) is 16.0. The number of hydrogen-bond acceptors (Lipinski definition) is 5. The van der Waals surface area contributed by atoms with Crippen LogP contribution in [0.5, 0.6) is 0 Å². The molecular formula is C25H30ClN7. The molecule has 33 heavy (non-hydrogen) atoms. The van der Waals surface area contributed by atoms with Crippen molar-refractivity contribution in [2.45, 2.75) is 25.3 Å². The van der Waals surface area contributed by atoms with Crippen molar-refractivity contribution < 1.29 is 0 Å². The molecule has 0 radical (unpaired) electrons. The van der Waals surface area contributed by atoms with Crippen molar-refractivity contribution in [3.63, 3.8) is 0 Å². The van der Waals surface area contributed by atoms with Gasteiger partial charge >= 0.3 is 0 Å². The van der Waals surface area contributed by atoms with Crippen LogP contribution < -0.4 is 4.90 Å². The number of fused-ring (bicyclic) bond motifs is 2. The number of halogens is 1. The third-order valence-electron chi connectivity index (χ3n) is 7.31. The Hall–Kier alpha value is -2.61. The number of nitrogens with one attached hydrogen (secondary N) is 2. The molecule has 8 heteroatoms. The maximum atomic E-state index is 6.12. The minimum absolute atomic E-state index is 0.693. The summed E-state index contributed by atoms with van der Waals surface area (Å²) in [5, 5.41) is 9.25. The molecule has 2 N–H and O–H groups in total. The lowest BCUT2D eigenvalue weighted by atomic mass is 10.0. The fourth-order valence-electron chi connectivity index (χ4n) is 5.40. The van der Waals surface area contributed by atoms with Crippen LogP contribution in [-0.2, 0) is 0 Å². The van der Waals surface area contributed by atoms with E-state index >= 15 is 0 Å². The number of aromatic nitrogens is 4. The van der Waals surface area contributed by atoms with Crippen LogP contribution in [0.15, 0.2) is 36.4 Å². The number of anilines is 1. The molecule has 2 aliphatic rings. The standard InChI is InChI=1S/C25H30ClN7/c1-31-9-2-10-32(14-13-31)18-7-11-33(12-8-18)19-4-6-21-23(16-19)28-25(27-21)24-20-5-3-17(26)15-22(20)29-30-24/h3-6,15-16,18H,2,7-14H2,1H3,(H,27,28)(H,29,30). The highest BCUT2D eigenvalue weighted by atomic mass is 35.5. The van der Waals surface area contributed by atoms with Gasteiger partial charge in [-0.25, -0.2) is 4.98 Å². The second-order valence-corrected chi connectivity index (χ2v) is 9.90. The number of likely N-dealkylation sites (N-methyl/N-ethyl adjacent to an activating group) is 1. The number of rotatable bonds is 3. The molecule has 0 bridgehead atoms. The van der Waals surface area contributed by atoms with Crippen LogP contribution >= 0.6 is 11.6 Å². The van der Waals surface area contributed by atoms with E-state index in [-0.39, 0.29) is 0 Å². The highest BCUT2D eigenvalue weighted by Crippen LogP contribution is 2.30. The van der Waals surface area contributed by atoms with Crippen LogP contribution in [0.3, 0.4) is 0 Å². The monoisotopic (exact) mass is 463 g/mol. The van der Waals surface area contributed by atoms with E-state index in [9.17, 15) is 0 Å². The van der Waals surface area contributed by atoms with Crippen LogP contribution in [-0.4, -0.2) is 82.3 Å². The van der Waals surface area contributed by atoms with Gasteiger partial charge in [0.25, 0.3) is 0 Å². The minimum Gasteiger partial charge on any atom is -0.371 e. The Bertz CT molecular complexity index is 1270. The first kappa shape index (κ1) is 21.0. The van der Waals surface area contributed by atoms with Crippen molar-refractivity contribution in [1.82, 2.24) is 30.0 Å². The molecule has 6 rings (SSSR count). The number of benzene rings is 2. The van der Waals surface area contributed by atoms with E-state index in [4.69, 9.17) is 16.6 Å². The maximum Gasteiger partial charge on any atom is 0.159 e. The van der Waals surface area contributed by atoms with Crippen molar-refractivity contribution in [3.8, 4) is 11.5 Å². The molecule has 0 unspecified atom stereocenters. The summed E-state index contributed by atoms with van der Waals surface area (Å²) in [5.74, 6) is 0.778. The smallest absolute Gasteiger partial charge is 0.159 e. The first-order chi connectivity index (χ1) is 16.1. The van der Waals surface area contributed by atoms with E-state index in [0.717, 1.165) is 52.6 Å². The average Bonchev–Trinajstić information content (AvgIpc) is 3.37. The van der Waals surface area contributed by atoms with E-state index < -0.39 is 0 Å². The SMILES string of the molecule is CN1CCCN(C2CCN(c3ccc4nc(-c5n[nH]c6cc(Cl)ccc56)[nH]c4c3)CC2)CC1. The van der Waals surface area contributed by atoms with Crippen LogP contribution in [0.4, 0.5) is 5.69 Å². The lowest BCUT2D eigenvalue weighted by molar-refractivity contribution is 0.174. The van der Waals surface area contributed by atoms with Crippen LogP contribution in [0.2, 0.25) is 5.02 Å². The molecule has 2 aromatic carbocycles. The van der Waals surface area contributed by atoms with Crippen molar-refractivity contribution >= 4 is 39.2 Å². The van der Waals surface area contributed by atoms with Gasteiger partial charge in [-0.15, -0.1) is 0 Å². The second-order valence-electron chi connectivity index (χ2n) is 9.46. The van der Waals surface area contributed by atoms with E-state index in [1.165, 1.54) is 51.1 Å². The van der Waals surface area contributed by atoms with Gasteiger partial charge in [-0.1, -0.05) is 11.6 Å². The number of H-pyrrole nitrogens is 2. The van der Waals surface area contributed by atoms with Gasteiger partial charge in [0.2, 0.25) is 0 Å². The predicted octanol–water partition coefficient (Wildman–Crippen LogP) is 4.37. The highest BCUT2D eigenvalue weighted by molar-refractivity contribution is 6.31. The predicted molar refractivity (Wildman–Crippen MR) is 135 cm³/mol. The molecule has 4 heterocycles. The Labute approximate surface area is 198 Å². The van der Waals surface area contributed by atoms with Gasteiger partial charge in [0.05, 0.1) is 16.6 Å². The highest BCUT2D eigenvalue weighted by Gasteiger charge is 2.26. The van der Waals surface area contributed by atoms with Crippen molar-refractivity contribution in [2.24, 2.45) is 0 Å². The maximum absolute atomic E-state index is 6.12. The molecule has 0 atom stereocenters. The molecule has 2 aliphatic heterocycles. The van der Waals surface area contributed by atoms with Crippen LogP contribution in [0.1, 0.15) is 19.3 Å². The summed E-state index contributed by atoms with van der Waals surface area (Å²) in [5.41, 5.74) is 5.01. The molecule has 0 saturated carbocycles. The number of hydrogen-bond donors (Lipinski definition) is 2. The molecule has 0 spiro atoms. The first-order valence-electron chi connectivity index (χ1n) is 12.0. The summed E-state index contributed by atoms with van der Waals surface area (Å²) in [6.45, 7) is 7.08. The lowest BCUT2D eigenvalue weighted by Gasteiger charge is -2.39. The van der Waals surface area contributed by atoms with Crippen LogP contribution in [0.25, 0.3) is 33.5 Å². The summed E-state index contributed by atoms with van der Waals surface area (Å²) < 4.78 is 0. The van der Waals surface area contributed by atoms with Gasteiger partial charge < -0.3 is 14.8 Å². The minimum atomic E-state index is 0.693. The largest absolute Gasteiger partial charge is 0.371 e.